The molecule has 0 bridgehead atoms. The summed E-state index contributed by atoms with van der Waals surface area (Å²) < 4.78 is 0. The molecule has 110 valence electrons. The fourth-order valence-electron chi connectivity index (χ4n) is 1.88. The van der Waals surface area contributed by atoms with E-state index in [4.69, 9.17) is 34.0 Å². The molecule has 0 saturated carbocycles. The lowest BCUT2D eigenvalue weighted by Gasteiger charge is -2.17. The highest BCUT2D eigenvalue weighted by Gasteiger charge is 2.13. The normalized spacial score (nSPS) is 12.0. The molecule has 2 aromatic rings. The van der Waals surface area contributed by atoms with Gasteiger partial charge in [0.2, 0.25) is 0 Å². The maximum atomic E-state index is 11.1. The van der Waals surface area contributed by atoms with Crippen molar-refractivity contribution in [1.29, 1.82) is 0 Å². The number of benzene rings is 1. The van der Waals surface area contributed by atoms with Gasteiger partial charge in [-0.1, -0.05) is 29.3 Å². The molecular formula is C14H13Cl2N3O2. The van der Waals surface area contributed by atoms with Crippen molar-refractivity contribution in [2.75, 3.05) is 11.1 Å². The number of anilines is 2. The first-order chi connectivity index (χ1) is 9.88. The summed E-state index contributed by atoms with van der Waals surface area (Å²) in [4.78, 5) is 15.1. The van der Waals surface area contributed by atoms with E-state index in [-0.39, 0.29) is 17.3 Å². The van der Waals surface area contributed by atoms with Gasteiger partial charge in [-0.05, 0) is 30.7 Å². The number of hydrogen-bond donors (Lipinski definition) is 3. The molecule has 0 fully saturated rings. The highest BCUT2D eigenvalue weighted by atomic mass is 35.5. The Balaban J connectivity index is 2.25. The summed E-state index contributed by atoms with van der Waals surface area (Å²) in [6.45, 7) is 1.88. The Morgan fingerprint density at radius 3 is 2.71 bits per heavy atom. The molecule has 4 N–H and O–H groups in total. The minimum atomic E-state index is -1.10. The minimum absolute atomic E-state index is 0.00176. The summed E-state index contributed by atoms with van der Waals surface area (Å²) >= 11 is 12.0. The van der Waals surface area contributed by atoms with Gasteiger partial charge in [-0.15, -0.1) is 0 Å². The van der Waals surface area contributed by atoms with Crippen LogP contribution < -0.4 is 11.1 Å². The Hall–Kier alpha value is -1.98. The van der Waals surface area contributed by atoms with Crippen LogP contribution in [0.5, 0.6) is 0 Å². The van der Waals surface area contributed by atoms with Crippen molar-refractivity contribution in [3.05, 3.63) is 51.6 Å². The van der Waals surface area contributed by atoms with Gasteiger partial charge in [0.05, 0.1) is 23.5 Å². The molecule has 2 rings (SSSR count). The average molecular weight is 326 g/mol. The SMILES string of the molecule is CC(Nc1cc(C(=O)O)c(N)cn1)c1ccc(Cl)cc1Cl. The first-order valence-corrected chi connectivity index (χ1v) is 6.84. The van der Waals surface area contributed by atoms with E-state index < -0.39 is 5.97 Å². The molecule has 0 saturated heterocycles. The molecule has 1 aromatic carbocycles. The van der Waals surface area contributed by atoms with Crippen LogP contribution >= 0.6 is 23.2 Å². The average Bonchev–Trinajstić information content (AvgIpc) is 2.40. The lowest BCUT2D eigenvalue weighted by Crippen LogP contribution is -2.11. The predicted octanol–water partition coefficient (Wildman–Crippen LogP) is 3.84. The van der Waals surface area contributed by atoms with Gasteiger partial charge in [-0.2, -0.15) is 0 Å². The van der Waals surface area contributed by atoms with Crippen LogP contribution in [0.15, 0.2) is 30.5 Å². The molecule has 5 nitrogen and oxygen atoms in total. The van der Waals surface area contributed by atoms with Gasteiger partial charge in [0.1, 0.15) is 5.82 Å². The quantitative estimate of drug-likeness (QED) is 0.794. The van der Waals surface area contributed by atoms with Crippen molar-refractivity contribution in [2.24, 2.45) is 0 Å². The molecule has 0 aliphatic heterocycles. The summed E-state index contributed by atoms with van der Waals surface area (Å²) in [6.07, 6.45) is 1.31. The summed E-state index contributed by atoms with van der Waals surface area (Å²) in [5.41, 5.74) is 6.51. The third kappa shape index (κ3) is 3.56. The fraction of sp³-hybridized carbons (Fsp3) is 0.143. The number of hydrogen-bond acceptors (Lipinski definition) is 4. The van der Waals surface area contributed by atoms with Crippen LogP contribution in [0.2, 0.25) is 10.0 Å². The molecule has 0 spiro atoms. The van der Waals surface area contributed by atoms with Crippen molar-refractivity contribution >= 4 is 40.7 Å². The van der Waals surface area contributed by atoms with Gasteiger partial charge in [0.25, 0.3) is 0 Å². The van der Waals surface area contributed by atoms with E-state index in [0.717, 1.165) is 5.56 Å². The largest absolute Gasteiger partial charge is 0.478 e. The summed E-state index contributed by atoms with van der Waals surface area (Å²) in [6, 6.07) is 6.40. The molecule has 1 atom stereocenters. The topological polar surface area (TPSA) is 88.2 Å². The zero-order valence-electron chi connectivity index (χ0n) is 11.1. The highest BCUT2D eigenvalue weighted by molar-refractivity contribution is 6.35. The van der Waals surface area contributed by atoms with Crippen LogP contribution in [0.25, 0.3) is 0 Å². The fourth-order valence-corrected chi connectivity index (χ4v) is 2.45. The Labute approximate surface area is 131 Å². The van der Waals surface area contributed by atoms with Gasteiger partial charge in [-0.25, -0.2) is 9.78 Å². The number of rotatable bonds is 4. The maximum absolute atomic E-state index is 11.1. The Morgan fingerprint density at radius 2 is 2.10 bits per heavy atom. The van der Waals surface area contributed by atoms with Gasteiger partial charge < -0.3 is 16.2 Å². The smallest absolute Gasteiger partial charge is 0.337 e. The first kappa shape index (κ1) is 15.4. The number of pyridine rings is 1. The van der Waals surface area contributed by atoms with E-state index in [1.54, 1.807) is 18.2 Å². The number of aromatic carboxylic acids is 1. The number of carboxylic acid groups (broad SMARTS) is 1. The van der Waals surface area contributed by atoms with Crippen molar-refractivity contribution in [3.8, 4) is 0 Å². The second kappa shape index (κ2) is 6.20. The molecule has 1 unspecified atom stereocenters. The number of halogens is 2. The number of nitrogens with one attached hydrogen (secondary N) is 1. The highest BCUT2D eigenvalue weighted by Crippen LogP contribution is 2.28. The summed E-state index contributed by atoms with van der Waals surface area (Å²) in [7, 11) is 0. The van der Waals surface area contributed by atoms with Crippen LogP contribution in [0, 0.1) is 0 Å². The number of nitrogen functional groups attached to an aromatic ring is 1. The second-order valence-electron chi connectivity index (χ2n) is 4.49. The van der Waals surface area contributed by atoms with Gasteiger partial charge in [0.15, 0.2) is 0 Å². The van der Waals surface area contributed by atoms with E-state index in [9.17, 15) is 4.79 Å². The lowest BCUT2D eigenvalue weighted by molar-refractivity contribution is 0.0698. The molecule has 0 amide bonds. The van der Waals surface area contributed by atoms with E-state index in [1.807, 2.05) is 6.92 Å². The number of nitrogens with zero attached hydrogens (tertiary/aromatic N) is 1. The number of carboxylic acids is 1. The molecular weight excluding hydrogens is 313 g/mol. The monoisotopic (exact) mass is 325 g/mol. The van der Waals surface area contributed by atoms with Crippen LogP contribution in [0.4, 0.5) is 11.5 Å². The van der Waals surface area contributed by atoms with Crippen molar-refractivity contribution in [1.82, 2.24) is 4.98 Å². The maximum Gasteiger partial charge on any atom is 0.337 e. The molecule has 0 aliphatic carbocycles. The zero-order valence-corrected chi connectivity index (χ0v) is 12.6. The third-order valence-corrected chi connectivity index (χ3v) is 3.52. The third-order valence-electron chi connectivity index (χ3n) is 2.96. The number of nitrogens with two attached hydrogens (primary N) is 1. The van der Waals surface area contributed by atoms with Crippen LogP contribution in [0.3, 0.4) is 0 Å². The summed E-state index contributed by atoms with van der Waals surface area (Å²) in [5.74, 6) is -0.699. The number of aromatic nitrogens is 1. The first-order valence-electron chi connectivity index (χ1n) is 6.08. The molecule has 1 heterocycles. The molecule has 21 heavy (non-hydrogen) atoms. The van der Waals surface area contributed by atoms with Crippen LogP contribution in [0.1, 0.15) is 28.9 Å². The van der Waals surface area contributed by atoms with E-state index in [1.165, 1.54) is 12.3 Å². The van der Waals surface area contributed by atoms with Gasteiger partial charge >= 0.3 is 5.97 Å². The Morgan fingerprint density at radius 1 is 1.38 bits per heavy atom. The summed E-state index contributed by atoms with van der Waals surface area (Å²) in [5, 5.41) is 13.2. The van der Waals surface area contributed by atoms with E-state index >= 15 is 0 Å². The van der Waals surface area contributed by atoms with E-state index in [0.29, 0.717) is 15.9 Å². The lowest BCUT2D eigenvalue weighted by atomic mass is 10.1. The zero-order chi connectivity index (χ0) is 15.6. The van der Waals surface area contributed by atoms with E-state index in [2.05, 4.69) is 10.3 Å². The molecule has 1 aromatic heterocycles. The molecule has 0 aliphatic rings. The van der Waals surface area contributed by atoms with Crippen LogP contribution in [-0.4, -0.2) is 16.1 Å². The Bertz CT molecular complexity index is 692. The van der Waals surface area contributed by atoms with Gasteiger partial charge in [-0.3, -0.25) is 0 Å². The van der Waals surface area contributed by atoms with Crippen molar-refractivity contribution in [3.63, 3.8) is 0 Å². The van der Waals surface area contributed by atoms with Crippen LogP contribution in [-0.2, 0) is 0 Å². The van der Waals surface area contributed by atoms with Crippen molar-refractivity contribution < 1.29 is 9.90 Å². The number of carbonyl (C=O) groups is 1. The van der Waals surface area contributed by atoms with Crippen molar-refractivity contribution in [2.45, 2.75) is 13.0 Å². The standard InChI is InChI=1S/C14H13Cl2N3O2/c1-7(9-3-2-8(15)4-11(9)16)19-13-5-10(14(20)21)12(17)6-18-13/h2-7H,17H2,1H3,(H,18,19)(H,20,21). The Kier molecular flexibility index (Phi) is 4.55. The van der Waals surface area contributed by atoms with Gasteiger partial charge in [0, 0.05) is 10.0 Å². The molecule has 0 radical (unpaired) electrons. The predicted molar refractivity (Wildman–Crippen MR) is 84.1 cm³/mol. The molecule has 7 heteroatoms. The minimum Gasteiger partial charge on any atom is -0.478 e. The second-order valence-corrected chi connectivity index (χ2v) is 5.34.